The predicted octanol–water partition coefficient (Wildman–Crippen LogP) is 3.67. The van der Waals surface area contributed by atoms with E-state index in [1.54, 1.807) is 23.9 Å². The summed E-state index contributed by atoms with van der Waals surface area (Å²) in [5.74, 6) is 0.0744. The molecular weight excluding hydrogens is 363 g/mol. The van der Waals surface area contributed by atoms with E-state index < -0.39 is 0 Å². The van der Waals surface area contributed by atoms with Gasteiger partial charge in [0.05, 0.1) is 16.6 Å². The van der Waals surface area contributed by atoms with Gasteiger partial charge in [-0.3, -0.25) is 4.79 Å². The number of thiazole rings is 1. The maximum Gasteiger partial charge on any atom is 0.222 e. The van der Waals surface area contributed by atoms with Crippen LogP contribution in [0, 0.1) is 12.7 Å². The lowest BCUT2D eigenvalue weighted by atomic mass is 10.2. The molecule has 0 bridgehead atoms. The number of carbonyl (C=O) groups excluding carboxylic acids is 1. The van der Waals surface area contributed by atoms with E-state index in [1.807, 2.05) is 6.92 Å². The monoisotopic (exact) mass is 374 g/mol. The number of hydrogen-bond donors (Lipinski definition) is 1. The zero-order chi connectivity index (χ0) is 14.7. The minimum Gasteiger partial charge on any atom is -0.369 e. The summed E-state index contributed by atoms with van der Waals surface area (Å²) >= 11 is 6.21. The molecule has 0 aliphatic heterocycles. The Morgan fingerprint density at radius 3 is 2.95 bits per heavy atom. The molecule has 1 amide bonds. The molecule has 1 heterocycles. The molecule has 2 aromatic rings. The highest BCUT2D eigenvalue weighted by Crippen LogP contribution is 2.30. The molecule has 0 unspecified atom stereocenters. The Hall–Kier alpha value is -0.920. The minimum atomic E-state index is -0.351. The summed E-state index contributed by atoms with van der Waals surface area (Å²) < 4.78 is 14.5. The smallest absolute Gasteiger partial charge is 0.222 e. The van der Waals surface area contributed by atoms with Gasteiger partial charge in [-0.25, -0.2) is 9.37 Å². The Kier molecular flexibility index (Phi) is 5.17. The van der Waals surface area contributed by atoms with Gasteiger partial charge < -0.3 is 5.73 Å². The number of hydrogen-bond acceptors (Lipinski definition) is 4. The zero-order valence-electron chi connectivity index (χ0n) is 10.7. The normalized spacial score (nSPS) is 10.8. The van der Waals surface area contributed by atoms with Gasteiger partial charge in [0.15, 0.2) is 4.34 Å². The number of benzene rings is 1. The van der Waals surface area contributed by atoms with Crippen molar-refractivity contribution in [2.45, 2.75) is 23.4 Å². The van der Waals surface area contributed by atoms with Crippen LogP contribution in [0.15, 0.2) is 27.0 Å². The van der Waals surface area contributed by atoms with Crippen molar-refractivity contribution in [2.24, 2.45) is 5.73 Å². The molecule has 7 heteroatoms. The summed E-state index contributed by atoms with van der Waals surface area (Å²) in [6.07, 6.45) is 0.228. The lowest BCUT2D eigenvalue weighted by molar-refractivity contribution is -0.117. The molecule has 2 rings (SSSR count). The Morgan fingerprint density at radius 2 is 2.30 bits per heavy atom. The molecule has 0 saturated carbocycles. The van der Waals surface area contributed by atoms with Gasteiger partial charge in [0.1, 0.15) is 5.82 Å². The van der Waals surface area contributed by atoms with E-state index in [1.165, 1.54) is 17.4 Å². The van der Waals surface area contributed by atoms with E-state index in [4.69, 9.17) is 5.73 Å². The fourth-order valence-electron chi connectivity index (χ4n) is 1.56. The van der Waals surface area contributed by atoms with Crippen molar-refractivity contribution in [1.82, 2.24) is 4.98 Å². The van der Waals surface area contributed by atoms with Gasteiger partial charge in [-0.15, -0.1) is 11.3 Å². The maximum absolute atomic E-state index is 13.1. The molecule has 0 radical (unpaired) electrons. The van der Waals surface area contributed by atoms with Gasteiger partial charge in [0.2, 0.25) is 5.91 Å². The first-order valence-electron chi connectivity index (χ1n) is 5.77. The van der Waals surface area contributed by atoms with Crippen molar-refractivity contribution >= 4 is 44.9 Å². The number of aryl methyl sites for hydroxylation is 1. The standard InChI is InChI=1S/C13H12BrFN2OS2/c1-7-11(5-12(16)18)20-13(17-7)19-6-8-2-3-10(15)9(14)4-8/h2-4H,5-6H2,1H3,(H2,16,18). The molecule has 0 spiro atoms. The molecule has 1 aromatic carbocycles. The number of rotatable bonds is 5. The molecule has 20 heavy (non-hydrogen) atoms. The largest absolute Gasteiger partial charge is 0.369 e. The first kappa shape index (κ1) is 15.5. The third-order valence-electron chi connectivity index (χ3n) is 2.55. The van der Waals surface area contributed by atoms with Crippen LogP contribution >= 0.6 is 39.0 Å². The van der Waals surface area contributed by atoms with Crippen LogP contribution in [-0.2, 0) is 17.0 Å². The summed E-state index contributed by atoms with van der Waals surface area (Å²) in [7, 11) is 0. The number of aromatic nitrogens is 1. The van der Waals surface area contributed by atoms with Crippen molar-refractivity contribution in [2.75, 3.05) is 0 Å². The molecular formula is C13H12BrFN2OS2. The van der Waals surface area contributed by atoms with Crippen molar-refractivity contribution in [3.05, 3.63) is 44.6 Å². The first-order chi connectivity index (χ1) is 9.45. The SMILES string of the molecule is Cc1nc(SCc2ccc(F)c(Br)c2)sc1CC(N)=O. The van der Waals surface area contributed by atoms with Crippen LogP contribution in [0.1, 0.15) is 16.1 Å². The third kappa shape index (κ3) is 4.04. The molecule has 3 nitrogen and oxygen atoms in total. The summed E-state index contributed by atoms with van der Waals surface area (Å²) in [5, 5.41) is 0. The average molecular weight is 375 g/mol. The predicted molar refractivity (Wildman–Crippen MR) is 83.4 cm³/mol. The van der Waals surface area contributed by atoms with E-state index in [-0.39, 0.29) is 18.1 Å². The Labute approximate surface area is 132 Å². The van der Waals surface area contributed by atoms with E-state index in [9.17, 15) is 9.18 Å². The van der Waals surface area contributed by atoms with Gasteiger partial charge in [0, 0.05) is 10.6 Å². The maximum atomic E-state index is 13.1. The molecule has 0 saturated heterocycles. The van der Waals surface area contributed by atoms with Crippen molar-refractivity contribution < 1.29 is 9.18 Å². The molecule has 0 aliphatic rings. The summed E-state index contributed by atoms with van der Waals surface area (Å²) in [5.41, 5.74) is 7.04. The minimum absolute atomic E-state index is 0.228. The molecule has 0 atom stereocenters. The second kappa shape index (κ2) is 6.69. The van der Waals surface area contributed by atoms with Crippen molar-refractivity contribution in [3.8, 4) is 0 Å². The topological polar surface area (TPSA) is 56.0 Å². The highest BCUT2D eigenvalue weighted by Gasteiger charge is 2.10. The molecule has 1 aromatic heterocycles. The number of nitrogens with zero attached hydrogens (tertiary/aromatic N) is 1. The fraction of sp³-hybridized carbons (Fsp3) is 0.231. The first-order valence-corrected chi connectivity index (χ1v) is 8.36. The molecule has 2 N–H and O–H groups in total. The number of amides is 1. The summed E-state index contributed by atoms with van der Waals surface area (Å²) in [4.78, 5) is 16.2. The van der Waals surface area contributed by atoms with Crippen LogP contribution in [0.25, 0.3) is 0 Å². The van der Waals surface area contributed by atoms with Crippen LogP contribution in [0.3, 0.4) is 0 Å². The van der Waals surface area contributed by atoms with Crippen molar-refractivity contribution in [3.63, 3.8) is 0 Å². The van der Waals surface area contributed by atoms with Gasteiger partial charge >= 0.3 is 0 Å². The quantitative estimate of drug-likeness (QED) is 0.812. The number of carbonyl (C=O) groups is 1. The summed E-state index contributed by atoms with van der Waals surface area (Å²) in [6.45, 7) is 1.87. The van der Waals surface area contributed by atoms with Gasteiger partial charge in [-0.05, 0) is 40.5 Å². The molecule has 0 aliphatic carbocycles. The Bertz CT molecular complexity index is 645. The Morgan fingerprint density at radius 1 is 1.55 bits per heavy atom. The molecule has 0 fully saturated rings. The van der Waals surface area contributed by atoms with Crippen LogP contribution in [0.4, 0.5) is 4.39 Å². The van der Waals surface area contributed by atoms with Gasteiger partial charge in [-0.2, -0.15) is 0 Å². The fourth-order valence-corrected chi connectivity index (χ4v) is 4.17. The van der Waals surface area contributed by atoms with Crippen LogP contribution in [-0.4, -0.2) is 10.9 Å². The highest BCUT2D eigenvalue weighted by atomic mass is 79.9. The van der Waals surface area contributed by atoms with Crippen molar-refractivity contribution in [1.29, 1.82) is 0 Å². The average Bonchev–Trinajstić information content (AvgIpc) is 2.71. The Balaban J connectivity index is 2.03. The number of thioether (sulfide) groups is 1. The van der Waals surface area contributed by atoms with E-state index in [2.05, 4.69) is 20.9 Å². The number of primary amides is 1. The van der Waals surface area contributed by atoms with Crippen LogP contribution in [0.5, 0.6) is 0 Å². The second-order valence-electron chi connectivity index (χ2n) is 4.17. The lowest BCUT2D eigenvalue weighted by Gasteiger charge is -2.00. The second-order valence-corrected chi connectivity index (χ2v) is 7.33. The van der Waals surface area contributed by atoms with Crippen LogP contribution in [0.2, 0.25) is 0 Å². The van der Waals surface area contributed by atoms with Gasteiger partial charge in [-0.1, -0.05) is 17.8 Å². The lowest BCUT2D eigenvalue weighted by Crippen LogP contribution is -2.13. The molecule has 106 valence electrons. The third-order valence-corrected chi connectivity index (χ3v) is 5.53. The highest BCUT2D eigenvalue weighted by molar-refractivity contribution is 9.10. The number of halogens is 2. The zero-order valence-corrected chi connectivity index (χ0v) is 13.9. The van der Waals surface area contributed by atoms with Gasteiger partial charge in [0.25, 0.3) is 0 Å². The van der Waals surface area contributed by atoms with E-state index in [0.717, 1.165) is 20.5 Å². The summed E-state index contributed by atoms with van der Waals surface area (Å²) in [6, 6.07) is 4.94. The van der Waals surface area contributed by atoms with Crippen LogP contribution < -0.4 is 5.73 Å². The van der Waals surface area contributed by atoms with E-state index in [0.29, 0.717) is 10.2 Å². The number of nitrogens with two attached hydrogens (primary N) is 1. The van der Waals surface area contributed by atoms with E-state index >= 15 is 0 Å².